The molecular weight excluding hydrogens is 309 g/mol. The SMILES string of the molecule is [CaH2].[LiH].[Nb].[Tm]. The van der Waals surface area contributed by atoms with Crippen LogP contribution in [0.15, 0.2) is 0 Å². The zero-order valence-corrected chi connectivity index (χ0v) is 4.70. The van der Waals surface area contributed by atoms with Crippen LogP contribution < -0.4 is 0 Å². The van der Waals surface area contributed by atoms with Crippen LogP contribution in [0.3, 0.4) is 0 Å². The van der Waals surface area contributed by atoms with E-state index in [4.69, 9.17) is 0 Å². The third-order valence-corrected chi connectivity index (χ3v) is 0. The molecule has 0 saturated heterocycles. The number of rotatable bonds is 0. The summed E-state index contributed by atoms with van der Waals surface area (Å²) >= 11 is 0. The van der Waals surface area contributed by atoms with Crippen molar-refractivity contribution < 1.29 is 59.3 Å². The molecule has 0 rings (SSSR count). The number of hydrogen-bond donors (Lipinski definition) is 0. The average molecular weight is 312 g/mol. The average Bonchev–Trinajstić information content (AvgIpc) is 0. The Balaban J connectivity index is 0. The molecule has 0 aliphatic heterocycles. The van der Waals surface area contributed by atoms with E-state index in [2.05, 4.69) is 0 Å². The van der Waals surface area contributed by atoms with Crippen molar-refractivity contribution in [3.63, 3.8) is 0 Å². The van der Waals surface area contributed by atoms with Crippen molar-refractivity contribution >= 4 is 56.6 Å². The Morgan fingerprint density at radius 2 is 1.00 bits per heavy atom. The number of hydrogen-bond acceptors (Lipinski definition) is 0. The molecule has 0 spiro atoms. The molecule has 0 saturated carbocycles. The zero-order valence-electron chi connectivity index (χ0n) is 0.725. The Bertz CT molecular complexity index is 8.00. The Morgan fingerprint density at radius 1 is 1.00 bits per heavy atom. The van der Waals surface area contributed by atoms with E-state index in [0.717, 1.165) is 0 Å². The maximum Gasteiger partial charge on any atom is 0 e. The van der Waals surface area contributed by atoms with E-state index in [1.807, 2.05) is 0 Å². The fourth-order valence-corrected chi connectivity index (χ4v) is 0. The maximum atomic E-state index is 0. The van der Waals surface area contributed by atoms with Gasteiger partial charge in [0.05, 0.1) is 0 Å². The molecule has 0 aromatic heterocycles. The van der Waals surface area contributed by atoms with Crippen LogP contribution in [0.5, 0.6) is 0 Å². The molecular formula is H3CaLiNbTm. The van der Waals surface area contributed by atoms with Gasteiger partial charge in [0.2, 0.25) is 0 Å². The molecule has 0 nitrogen and oxygen atoms in total. The van der Waals surface area contributed by atoms with Crippen LogP contribution in [-0.2, 0) is 22.4 Å². The van der Waals surface area contributed by atoms with Crippen molar-refractivity contribution in [2.45, 2.75) is 0 Å². The monoisotopic (exact) mass is 312 g/mol. The van der Waals surface area contributed by atoms with E-state index in [9.17, 15) is 0 Å². The molecule has 2 radical (unpaired) electrons. The van der Waals surface area contributed by atoms with Gasteiger partial charge in [0.25, 0.3) is 0 Å². The van der Waals surface area contributed by atoms with Crippen LogP contribution >= 0.6 is 0 Å². The van der Waals surface area contributed by atoms with Crippen LogP contribution in [0, 0.1) is 36.9 Å². The molecule has 0 N–H and O–H groups in total. The second-order valence-corrected chi connectivity index (χ2v) is 0. The van der Waals surface area contributed by atoms with Gasteiger partial charge in [-0.2, -0.15) is 0 Å². The summed E-state index contributed by atoms with van der Waals surface area (Å²) < 4.78 is 0. The molecule has 0 amide bonds. The molecule has 4 heteroatoms. The first-order valence-corrected chi connectivity index (χ1v) is 0. The van der Waals surface area contributed by atoms with Gasteiger partial charge >= 0.3 is 56.6 Å². The second-order valence-electron chi connectivity index (χ2n) is 0. The summed E-state index contributed by atoms with van der Waals surface area (Å²) in [5.74, 6) is 0. The topological polar surface area (TPSA) is 0 Å². The summed E-state index contributed by atoms with van der Waals surface area (Å²) in [7, 11) is 0. The van der Waals surface area contributed by atoms with E-state index >= 15 is 0 Å². The van der Waals surface area contributed by atoms with Crippen molar-refractivity contribution in [1.82, 2.24) is 0 Å². The summed E-state index contributed by atoms with van der Waals surface area (Å²) in [6.45, 7) is 0. The molecule has 0 atom stereocenters. The Morgan fingerprint density at radius 3 is 1.00 bits per heavy atom. The van der Waals surface area contributed by atoms with Crippen molar-refractivity contribution in [1.29, 1.82) is 0 Å². The summed E-state index contributed by atoms with van der Waals surface area (Å²) in [6.07, 6.45) is 0. The van der Waals surface area contributed by atoms with Gasteiger partial charge in [-0.25, -0.2) is 0 Å². The Labute approximate surface area is 113 Å². The van der Waals surface area contributed by atoms with Crippen LogP contribution in [0.4, 0.5) is 0 Å². The van der Waals surface area contributed by atoms with Gasteiger partial charge in [-0.15, -0.1) is 0 Å². The molecule has 0 unspecified atom stereocenters. The first-order valence-electron chi connectivity index (χ1n) is 0. The maximum absolute atomic E-state index is 0. The smallest absolute Gasteiger partial charge is 0 e. The van der Waals surface area contributed by atoms with E-state index in [1.54, 1.807) is 0 Å². The largest absolute Gasteiger partial charge is 0 e. The summed E-state index contributed by atoms with van der Waals surface area (Å²) in [5, 5.41) is 0. The fraction of sp³-hybridized carbons (Fsp3) is 0. The first-order chi connectivity index (χ1) is 0. The van der Waals surface area contributed by atoms with Crippen molar-refractivity contribution in [3.8, 4) is 0 Å². The van der Waals surface area contributed by atoms with E-state index in [0.29, 0.717) is 0 Å². The minimum Gasteiger partial charge on any atom is 0 e. The van der Waals surface area contributed by atoms with Gasteiger partial charge in [-0.05, 0) is 0 Å². The summed E-state index contributed by atoms with van der Waals surface area (Å²) in [5.41, 5.74) is 0. The van der Waals surface area contributed by atoms with Gasteiger partial charge < -0.3 is 0 Å². The molecule has 0 fully saturated rings. The van der Waals surface area contributed by atoms with Gasteiger partial charge in [0.15, 0.2) is 0 Å². The standard InChI is InChI=1S/Ca.Li.Nb.Tm.3H. The zero-order chi connectivity index (χ0) is 0. The van der Waals surface area contributed by atoms with Gasteiger partial charge in [0, 0.05) is 59.3 Å². The third-order valence-electron chi connectivity index (χ3n) is 0. The van der Waals surface area contributed by atoms with Crippen molar-refractivity contribution in [3.05, 3.63) is 0 Å². The minimum absolute atomic E-state index is 0. The molecule has 0 bridgehead atoms. The normalized spacial score (nSPS) is 0. The van der Waals surface area contributed by atoms with Crippen LogP contribution in [-0.4, -0.2) is 56.6 Å². The van der Waals surface area contributed by atoms with Crippen LogP contribution in [0.1, 0.15) is 0 Å². The first kappa shape index (κ1) is 24.9. The van der Waals surface area contributed by atoms with E-state index < -0.39 is 0 Å². The van der Waals surface area contributed by atoms with Crippen molar-refractivity contribution in [2.75, 3.05) is 0 Å². The molecule has 24 valence electrons. The van der Waals surface area contributed by atoms with E-state index in [-0.39, 0.29) is 116 Å². The van der Waals surface area contributed by atoms with Crippen molar-refractivity contribution in [2.24, 2.45) is 0 Å². The summed E-state index contributed by atoms with van der Waals surface area (Å²) in [4.78, 5) is 0. The minimum atomic E-state index is 0. The molecule has 0 aliphatic carbocycles. The van der Waals surface area contributed by atoms with Gasteiger partial charge in [-0.1, -0.05) is 0 Å². The fourth-order valence-electron chi connectivity index (χ4n) is 0. The van der Waals surface area contributed by atoms with E-state index in [1.165, 1.54) is 0 Å². The quantitative estimate of drug-likeness (QED) is 0.475. The van der Waals surface area contributed by atoms with Crippen LogP contribution in [0.2, 0.25) is 0 Å². The van der Waals surface area contributed by atoms with Gasteiger partial charge in [-0.3, -0.25) is 0 Å². The summed E-state index contributed by atoms with van der Waals surface area (Å²) in [6, 6.07) is 0. The molecule has 0 heterocycles. The third kappa shape index (κ3) is 9.27. The Kier molecular flexibility index (Phi) is 98.5. The molecule has 0 aromatic carbocycles. The van der Waals surface area contributed by atoms with Crippen LogP contribution in [0.25, 0.3) is 0 Å². The van der Waals surface area contributed by atoms with Gasteiger partial charge in [0.1, 0.15) is 0 Å². The Hall–Kier alpha value is 3.83. The molecule has 0 aromatic rings. The molecule has 4 heavy (non-hydrogen) atoms. The predicted molar refractivity (Wildman–Crippen MR) is 15.7 cm³/mol. The molecule has 0 aliphatic rings. The second kappa shape index (κ2) is 15.8. The predicted octanol–water partition coefficient (Wildman–Crippen LogP) is -1.57.